The summed E-state index contributed by atoms with van der Waals surface area (Å²) in [6.07, 6.45) is -9.72. The van der Waals surface area contributed by atoms with Gasteiger partial charge in [-0.1, -0.05) is 36.4 Å². The molecule has 0 bridgehead atoms. The van der Waals surface area contributed by atoms with E-state index in [9.17, 15) is 69.3 Å². The van der Waals surface area contributed by atoms with Crippen molar-refractivity contribution in [2.75, 3.05) is 27.0 Å². The van der Waals surface area contributed by atoms with Crippen molar-refractivity contribution >= 4 is 83.8 Å². The van der Waals surface area contributed by atoms with Gasteiger partial charge in [0.1, 0.15) is 11.1 Å². The third kappa shape index (κ3) is 12.3. The summed E-state index contributed by atoms with van der Waals surface area (Å²) in [6, 6.07) is 32.1. The van der Waals surface area contributed by atoms with Crippen LogP contribution in [0.5, 0.6) is 0 Å². The molecule has 6 aromatic carbocycles. The number of halogens is 6. The Morgan fingerprint density at radius 2 is 0.925 bits per heavy atom. The smallest absolute Gasteiger partial charge is 0.355 e. The van der Waals surface area contributed by atoms with Crippen molar-refractivity contribution in [3.8, 4) is 12.1 Å². The number of carbonyl (C=O) groups excluding carboxylic acids is 4. The molecule has 0 aromatic heterocycles. The van der Waals surface area contributed by atoms with Gasteiger partial charge in [-0.05, 0) is 143 Å². The molecule has 1 atom stereocenters. The van der Waals surface area contributed by atoms with Gasteiger partial charge in [-0.15, -0.1) is 0 Å². The van der Waals surface area contributed by atoms with E-state index in [2.05, 4.69) is 10.6 Å². The lowest BCUT2D eigenvalue weighted by atomic mass is 10.0. The Balaban J connectivity index is 0.000000231. The second kappa shape index (κ2) is 22.4. The molecule has 0 saturated carbocycles. The van der Waals surface area contributed by atoms with E-state index in [1.54, 1.807) is 67.6 Å². The number of hydrogen-bond acceptors (Lipinski definition) is 11. The normalized spacial score (nSPS) is 15.9. The second-order valence-corrected chi connectivity index (χ2v) is 22.4. The lowest BCUT2D eigenvalue weighted by molar-refractivity contribution is -0.138. The molecule has 8 rings (SSSR count). The third-order valence-electron chi connectivity index (χ3n) is 13.0. The maximum atomic E-state index is 13.6. The summed E-state index contributed by atoms with van der Waals surface area (Å²) >= 11 is 0. The first-order chi connectivity index (χ1) is 37.3. The number of anilines is 6. The lowest BCUT2D eigenvalue weighted by Gasteiger charge is -2.28. The summed E-state index contributed by atoms with van der Waals surface area (Å²) in [5.74, 6) is -1.45. The molecule has 0 spiro atoms. The van der Waals surface area contributed by atoms with E-state index in [0.29, 0.717) is 55.8 Å². The van der Waals surface area contributed by atoms with Crippen LogP contribution in [0.2, 0.25) is 0 Å². The highest BCUT2D eigenvalue weighted by atomic mass is 31.2. The number of para-hydroxylation sites is 2. The Morgan fingerprint density at radius 3 is 1.26 bits per heavy atom. The fourth-order valence-corrected chi connectivity index (χ4v) is 10.2. The zero-order chi connectivity index (χ0) is 58.9. The lowest BCUT2D eigenvalue weighted by Crippen LogP contribution is -2.43. The molecule has 416 valence electrons. The number of rotatable bonds is 14. The van der Waals surface area contributed by atoms with E-state index >= 15 is 0 Å². The van der Waals surface area contributed by atoms with Crippen LogP contribution in [0.25, 0.3) is 0 Å². The Bertz CT molecular complexity index is 3600. The average Bonchev–Trinajstić information content (AvgIpc) is 3.81. The van der Waals surface area contributed by atoms with Crippen molar-refractivity contribution in [1.29, 1.82) is 10.5 Å². The van der Waals surface area contributed by atoms with E-state index in [-0.39, 0.29) is 41.7 Å². The van der Waals surface area contributed by atoms with Gasteiger partial charge in [0, 0.05) is 22.7 Å². The van der Waals surface area contributed by atoms with Crippen LogP contribution in [0.4, 0.5) is 70.1 Å². The van der Waals surface area contributed by atoms with Gasteiger partial charge < -0.3 is 39.6 Å². The fraction of sp³-hybridized carbons (Fsp3) is 0.222. The minimum Gasteiger partial charge on any atom is -0.355 e. The molecule has 1 unspecified atom stereocenters. The Hall–Kier alpha value is -8.34. The zero-order valence-electron chi connectivity index (χ0n) is 42.9. The highest BCUT2D eigenvalue weighted by Gasteiger charge is 2.54. The summed E-state index contributed by atoms with van der Waals surface area (Å²) in [5, 5.41) is 24.4. The molecule has 2 aliphatic rings. The summed E-state index contributed by atoms with van der Waals surface area (Å²) < 4.78 is 110. The standard InChI is InChI=1S/C28H26F3N4O5P.C26H22F3N4O5P/c1-4-40-41(38,39)22-13-10-20(11-14-22)33-24-8-6-5-7-19(24)17-34-26(37)35(25(36)27(34,2)3)21-12-9-18(16-32)23(15-21)28(29,30)31;1-25(2)23(34)33(19-10-7-16(14-30)21(13-19)26(27,28)29)24(35)32(25)15-17-5-3-4-6-22(17)31-18-8-11-20(12-9-18)39(36,37)38/h5-15,33H,4,17H2,1-3H3,(H,38,39);3-13,31H,15H2,1-2H3,(H2,36,37,38). The number of carbonyl (C=O) groups is 4. The van der Waals surface area contributed by atoms with Crippen molar-refractivity contribution < 1.29 is 73.9 Å². The maximum Gasteiger partial charge on any atom is 0.417 e. The van der Waals surface area contributed by atoms with Crippen LogP contribution in [-0.4, -0.2) is 66.0 Å². The van der Waals surface area contributed by atoms with Crippen LogP contribution in [-0.2, 0) is 48.7 Å². The van der Waals surface area contributed by atoms with Crippen molar-refractivity contribution in [1.82, 2.24) is 9.80 Å². The van der Waals surface area contributed by atoms with E-state index in [4.69, 9.17) is 15.0 Å². The van der Waals surface area contributed by atoms with Crippen molar-refractivity contribution in [3.05, 3.63) is 167 Å². The monoisotopic (exact) mass is 1140 g/mol. The molecule has 5 N–H and O–H groups in total. The largest absolute Gasteiger partial charge is 0.417 e. The maximum absolute atomic E-state index is 13.6. The first-order valence-electron chi connectivity index (χ1n) is 23.8. The molecule has 6 amide bonds. The second-order valence-electron chi connectivity index (χ2n) is 19.0. The number of benzene rings is 6. The molecule has 80 heavy (non-hydrogen) atoms. The number of alkyl halides is 6. The summed E-state index contributed by atoms with van der Waals surface area (Å²) in [6.45, 7) is 7.51. The minimum atomic E-state index is -4.86. The van der Waals surface area contributed by atoms with Gasteiger partial charge in [0.05, 0.1) is 76.1 Å². The van der Waals surface area contributed by atoms with Gasteiger partial charge in [0.25, 0.3) is 11.8 Å². The molecule has 0 radical (unpaired) electrons. The molecular formula is C54H48F6N8O10P2. The van der Waals surface area contributed by atoms with Crippen LogP contribution in [0.15, 0.2) is 133 Å². The molecule has 2 saturated heterocycles. The number of nitrogens with one attached hydrogen (secondary N) is 2. The summed E-state index contributed by atoms with van der Waals surface area (Å²) in [4.78, 5) is 86.1. The van der Waals surface area contributed by atoms with Gasteiger partial charge in [-0.25, -0.2) is 19.4 Å². The first kappa shape index (κ1) is 59.3. The van der Waals surface area contributed by atoms with Crippen LogP contribution in [0.1, 0.15) is 68.0 Å². The van der Waals surface area contributed by atoms with Crippen molar-refractivity contribution in [3.63, 3.8) is 0 Å². The van der Waals surface area contributed by atoms with Gasteiger partial charge >= 0.3 is 39.6 Å². The van der Waals surface area contributed by atoms with E-state index in [1.165, 1.54) is 86.0 Å². The number of nitriles is 2. The van der Waals surface area contributed by atoms with Gasteiger partial charge in [-0.3, -0.25) is 18.7 Å². The number of urea groups is 2. The predicted molar refractivity (Wildman–Crippen MR) is 282 cm³/mol. The van der Waals surface area contributed by atoms with Crippen LogP contribution in [0, 0.1) is 22.7 Å². The molecule has 6 aromatic rings. The molecular weight excluding hydrogens is 1100 g/mol. The molecule has 0 aliphatic carbocycles. The number of nitrogens with zero attached hydrogens (tertiary/aromatic N) is 6. The zero-order valence-corrected chi connectivity index (χ0v) is 44.7. The van der Waals surface area contributed by atoms with E-state index < -0.39 is 84.8 Å². The van der Waals surface area contributed by atoms with Crippen LogP contribution in [0.3, 0.4) is 0 Å². The fourth-order valence-electron chi connectivity index (χ4n) is 8.60. The SMILES string of the molecule is CC1(C)C(=O)N(c2ccc(C#N)c(C(F)(F)F)c2)C(=O)N1Cc1ccccc1Nc1ccc(P(=O)(O)O)cc1.CCOP(=O)(O)c1ccc(Nc2ccccc2CN2C(=O)N(c3ccc(C#N)c(C(F)(F)F)c3)C(=O)C2(C)C)cc1. The predicted octanol–water partition coefficient (Wildman–Crippen LogP) is 10.8. The van der Waals surface area contributed by atoms with E-state index in [0.717, 1.165) is 24.3 Å². The van der Waals surface area contributed by atoms with Gasteiger partial charge in [0.2, 0.25) is 0 Å². The molecule has 2 fully saturated rings. The topological polar surface area (TPSA) is 257 Å². The molecule has 2 aliphatic heterocycles. The van der Waals surface area contributed by atoms with Gasteiger partial charge in [0.15, 0.2) is 0 Å². The van der Waals surface area contributed by atoms with Crippen LogP contribution >= 0.6 is 15.2 Å². The molecule has 18 nitrogen and oxygen atoms in total. The highest BCUT2D eigenvalue weighted by Crippen LogP contribution is 2.43. The Morgan fingerprint density at radius 1 is 0.562 bits per heavy atom. The minimum absolute atomic E-state index is 0.0616. The number of hydrogen-bond donors (Lipinski definition) is 5. The van der Waals surface area contributed by atoms with E-state index in [1.807, 2.05) is 0 Å². The van der Waals surface area contributed by atoms with Crippen molar-refractivity contribution in [2.24, 2.45) is 0 Å². The molecule has 2 heterocycles. The van der Waals surface area contributed by atoms with Gasteiger partial charge in [-0.2, -0.15) is 36.9 Å². The summed E-state index contributed by atoms with van der Waals surface area (Å²) in [7, 11) is -8.35. The molecule has 26 heteroatoms. The number of amides is 6. The van der Waals surface area contributed by atoms with Crippen LogP contribution < -0.4 is 31.0 Å². The van der Waals surface area contributed by atoms with Crippen molar-refractivity contribution in [2.45, 2.75) is 71.1 Å². The summed E-state index contributed by atoms with van der Waals surface area (Å²) in [5.41, 5.74) is -3.80. The average molecular weight is 1140 g/mol. The Kier molecular flexibility index (Phi) is 16.6. The number of imide groups is 2. The quantitative estimate of drug-likeness (QED) is 0.0386. The highest BCUT2D eigenvalue weighted by molar-refractivity contribution is 7.61. The Labute approximate surface area is 453 Å². The third-order valence-corrected chi connectivity index (χ3v) is 15.5. The first-order valence-corrected chi connectivity index (χ1v) is 27.0.